The zero-order chi connectivity index (χ0) is 29.6. The Labute approximate surface area is 245 Å². The van der Waals surface area contributed by atoms with Crippen LogP contribution in [-0.2, 0) is 16.1 Å². The molecular formula is C32H29N3O6S. The van der Waals surface area contributed by atoms with Crippen molar-refractivity contribution in [2.75, 3.05) is 6.61 Å². The minimum Gasteiger partial charge on any atom is -0.494 e. The molecule has 0 bridgehead atoms. The molecule has 0 radical (unpaired) electrons. The number of nitro benzene ring substituents is 1. The van der Waals surface area contributed by atoms with Gasteiger partial charge in [-0.1, -0.05) is 67.1 Å². The van der Waals surface area contributed by atoms with E-state index in [1.165, 1.54) is 28.0 Å². The first-order valence-electron chi connectivity index (χ1n) is 13.6. The van der Waals surface area contributed by atoms with Crippen molar-refractivity contribution < 1.29 is 19.2 Å². The van der Waals surface area contributed by atoms with Crippen molar-refractivity contribution in [3.8, 4) is 5.75 Å². The maximum Gasteiger partial charge on any atom is 0.338 e. The molecule has 0 fully saturated rings. The highest BCUT2D eigenvalue weighted by atomic mass is 32.1. The third-order valence-corrected chi connectivity index (χ3v) is 7.80. The lowest BCUT2D eigenvalue weighted by Crippen LogP contribution is -2.39. The number of carbonyl (C=O) groups is 1. The standard InChI is InChI=1S/C32H29N3O6S/c1-3-4-18-40-26-16-12-24(13-17-26)29-28(31(37)41-20-23-8-6-5-7-9-23)21(2)33-32-34(29)30(36)27(42-32)19-22-10-14-25(15-11-22)35(38)39/h5-17,19,29H,3-4,18,20H2,1-2H3/b27-19-. The fourth-order valence-corrected chi connectivity index (χ4v) is 5.67. The Kier molecular flexibility index (Phi) is 8.73. The first kappa shape index (κ1) is 28.7. The molecule has 2 heterocycles. The number of aromatic nitrogens is 1. The van der Waals surface area contributed by atoms with Gasteiger partial charge < -0.3 is 9.47 Å². The Morgan fingerprint density at radius 1 is 1.07 bits per heavy atom. The van der Waals surface area contributed by atoms with Crippen LogP contribution in [0.2, 0.25) is 0 Å². The van der Waals surface area contributed by atoms with Gasteiger partial charge in [-0.25, -0.2) is 9.79 Å². The van der Waals surface area contributed by atoms with Crippen LogP contribution in [0.15, 0.2) is 99.9 Å². The van der Waals surface area contributed by atoms with E-state index in [0.29, 0.717) is 38.5 Å². The van der Waals surface area contributed by atoms with Crippen molar-refractivity contribution in [1.29, 1.82) is 0 Å². The third kappa shape index (κ3) is 6.23. The number of benzene rings is 3. The summed E-state index contributed by atoms with van der Waals surface area (Å²) in [4.78, 5) is 43.1. The van der Waals surface area contributed by atoms with E-state index >= 15 is 0 Å². The number of thiazole rings is 1. The fraction of sp³-hybridized carbons (Fsp3) is 0.219. The van der Waals surface area contributed by atoms with E-state index in [1.807, 2.05) is 54.6 Å². The van der Waals surface area contributed by atoms with Crippen molar-refractivity contribution in [3.05, 3.63) is 137 Å². The molecule has 0 amide bonds. The van der Waals surface area contributed by atoms with Crippen LogP contribution < -0.4 is 19.6 Å². The number of ether oxygens (including phenoxy) is 2. The van der Waals surface area contributed by atoms with E-state index in [4.69, 9.17) is 9.47 Å². The molecule has 42 heavy (non-hydrogen) atoms. The lowest BCUT2D eigenvalue weighted by Gasteiger charge is -2.25. The van der Waals surface area contributed by atoms with E-state index < -0.39 is 16.9 Å². The molecule has 0 saturated heterocycles. The van der Waals surface area contributed by atoms with Gasteiger partial charge in [0, 0.05) is 12.1 Å². The molecule has 214 valence electrons. The zero-order valence-electron chi connectivity index (χ0n) is 23.2. The second-order valence-corrected chi connectivity index (χ2v) is 10.8. The number of non-ortho nitro benzene ring substituents is 1. The van der Waals surface area contributed by atoms with Crippen molar-refractivity contribution in [3.63, 3.8) is 0 Å². The van der Waals surface area contributed by atoms with Crippen molar-refractivity contribution in [2.45, 2.75) is 39.3 Å². The van der Waals surface area contributed by atoms with Crippen LogP contribution in [0, 0.1) is 10.1 Å². The van der Waals surface area contributed by atoms with Crippen LogP contribution in [0.1, 0.15) is 49.4 Å². The van der Waals surface area contributed by atoms with Crippen LogP contribution in [0.4, 0.5) is 5.69 Å². The summed E-state index contributed by atoms with van der Waals surface area (Å²) in [7, 11) is 0. The number of allylic oxidation sites excluding steroid dienone is 1. The third-order valence-electron chi connectivity index (χ3n) is 6.82. The van der Waals surface area contributed by atoms with E-state index in [1.54, 1.807) is 25.1 Å². The van der Waals surface area contributed by atoms with Gasteiger partial charge in [0.2, 0.25) is 0 Å². The van der Waals surface area contributed by atoms with Gasteiger partial charge in [-0.05, 0) is 60.4 Å². The van der Waals surface area contributed by atoms with Gasteiger partial charge in [0.1, 0.15) is 12.4 Å². The van der Waals surface area contributed by atoms with Crippen LogP contribution >= 0.6 is 11.3 Å². The molecule has 0 aliphatic carbocycles. The summed E-state index contributed by atoms with van der Waals surface area (Å²) in [6.07, 6.45) is 3.63. The summed E-state index contributed by atoms with van der Waals surface area (Å²) >= 11 is 1.19. The molecule has 4 aromatic rings. The second kappa shape index (κ2) is 12.8. The summed E-state index contributed by atoms with van der Waals surface area (Å²) in [5.41, 5.74) is 2.56. The highest BCUT2D eigenvalue weighted by molar-refractivity contribution is 7.07. The zero-order valence-corrected chi connectivity index (χ0v) is 24.0. The van der Waals surface area contributed by atoms with Gasteiger partial charge >= 0.3 is 5.97 Å². The average molecular weight is 584 g/mol. The molecule has 3 aromatic carbocycles. The summed E-state index contributed by atoms with van der Waals surface area (Å²) in [6.45, 7) is 4.51. The molecule has 1 aliphatic heterocycles. The quantitative estimate of drug-likeness (QED) is 0.112. The number of unbranched alkanes of at least 4 members (excludes halogenated alkanes) is 1. The molecule has 9 nitrogen and oxygen atoms in total. The number of hydrogen-bond acceptors (Lipinski definition) is 8. The first-order valence-corrected chi connectivity index (χ1v) is 14.4. The van der Waals surface area contributed by atoms with Crippen molar-refractivity contribution in [1.82, 2.24) is 4.57 Å². The molecule has 1 atom stereocenters. The van der Waals surface area contributed by atoms with Gasteiger partial charge in [0.05, 0.1) is 33.4 Å². The Bertz CT molecular complexity index is 1810. The monoisotopic (exact) mass is 583 g/mol. The van der Waals surface area contributed by atoms with Crippen LogP contribution in [0.3, 0.4) is 0 Å². The highest BCUT2D eigenvalue weighted by Gasteiger charge is 2.33. The van der Waals surface area contributed by atoms with E-state index in [-0.39, 0.29) is 23.4 Å². The normalized spacial score (nSPS) is 14.7. The molecular weight excluding hydrogens is 554 g/mol. The molecule has 1 aliphatic rings. The maximum atomic E-state index is 13.8. The topological polar surface area (TPSA) is 113 Å². The Balaban J connectivity index is 1.56. The van der Waals surface area contributed by atoms with Crippen molar-refractivity contribution in [2.24, 2.45) is 4.99 Å². The van der Waals surface area contributed by atoms with Crippen LogP contribution in [0.25, 0.3) is 6.08 Å². The SMILES string of the molecule is CCCCOc1ccc(C2C(C(=O)OCc3ccccc3)=C(C)N=c3s/c(=C\c4ccc([N+](=O)[O-])cc4)c(=O)n32)cc1. The lowest BCUT2D eigenvalue weighted by atomic mass is 9.96. The fourth-order valence-electron chi connectivity index (χ4n) is 4.62. The maximum absolute atomic E-state index is 13.8. The number of hydrogen-bond donors (Lipinski definition) is 0. The summed E-state index contributed by atoms with van der Waals surface area (Å²) in [6, 6.07) is 21.9. The van der Waals surface area contributed by atoms with Crippen LogP contribution in [-0.4, -0.2) is 22.1 Å². The molecule has 0 spiro atoms. The van der Waals surface area contributed by atoms with E-state index in [9.17, 15) is 19.7 Å². The number of carbonyl (C=O) groups excluding carboxylic acids is 1. The summed E-state index contributed by atoms with van der Waals surface area (Å²) in [5.74, 6) is 0.143. The van der Waals surface area contributed by atoms with Crippen LogP contribution in [0.5, 0.6) is 5.75 Å². The number of esters is 1. The number of fused-ring (bicyclic) bond motifs is 1. The predicted molar refractivity (Wildman–Crippen MR) is 160 cm³/mol. The van der Waals surface area contributed by atoms with Gasteiger partial charge in [-0.2, -0.15) is 0 Å². The van der Waals surface area contributed by atoms with Crippen molar-refractivity contribution >= 4 is 29.1 Å². The number of nitrogens with zero attached hydrogens (tertiary/aromatic N) is 3. The van der Waals surface area contributed by atoms with Gasteiger partial charge in [0.25, 0.3) is 11.2 Å². The van der Waals surface area contributed by atoms with E-state index in [0.717, 1.165) is 18.4 Å². The predicted octanol–water partition coefficient (Wildman–Crippen LogP) is 5.07. The van der Waals surface area contributed by atoms with Gasteiger partial charge in [-0.15, -0.1) is 0 Å². The molecule has 0 saturated carbocycles. The minimum absolute atomic E-state index is 0.0370. The Morgan fingerprint density at radius 2 is 1.79 bits per heavy atom. The summed E-state index contributed by atoms with van der Waals surface area (Å²) in [5, 5.41) is 11.0. The highest BCUT2D eigenvalue weighted by Crippen LogP contribution is 2.32. The average Bonchev–Trinajstić information content (AvgIpc) is 3.30. The Morgan fingerprint density at radius 3 is 2.45 bits per heavy atom. The number of nitro groups is 1. The molecule has 1 aromatic heterocycles. The number of rotatable bonds is 10. The summed E-state index contributed by atoms with van der Waals surface area (Å²) < 4.78 is 13.4. The molecule has 5 rings (SSSR count). The van der Waals surface area contributed by atoms with Gasteiger partial charge in [-0.3, -0.25) is 19.5 Å². The lowest BCUT2D eigenvalue weighted by molar-refractivity contribution is -0.384. The largest absolute Gasteiger partial charge is 0.494 e. The van der Waals surface area contributed by atoms with Gasteiger partial charge in [0.15, 0.2) is 4.80 Å². The minimum atomic E-state index is -0.770. The first-order chi connectivity index (χ1) is 20.4. The smallest absolute Gasteiger partial charge is 0.338 e. The Hall–Kier alpha value is -4.83. The second-order valence-electron chi connectivity index (χ2n) is 9.76. The molecule has 1 unspecified atom stereocenters. The molecule has 0 N–H and O–H groups in total. The molecule has 10 heteroatoms. The van der Waals surface area contributed by atoms with E-state index in [2.05, 4.69) is 11.9 Å².